The highest BCUT2D eigenvalue weighted by Crippen LogP contribution is 2.15. The van der Waals surface area contributed by atoms with E-state index in [1.807, 2.05) is 20.8 Å². The Hall–Kier alpha value is -0.760. The first-order valence-electron chi connectivity index (χ1n) is 4.41. The summed E-state index contributed by atoms with van der Waals surface area (Å²) in [6, 6.07) is 2.37. The quantitative estimate of drug-likeness (QED) is 0.749. The van der Waals surface area contributed by atoms with E-state index in [2.05, 4.69) is 6.07 Å². The molecule has 1 aromatic rings. The third-order valence-corrected chi connectivity index (χ3v) is 2.01. The Kier molecular flexibility index (Phi) is 2.93. The third-order valence-electron chi connectivity index (χ3n) is 2.01. The van der Waals surface area contributed by atoms with Gasteiger partial charge in [0.1, 0.15) is 11.5 Å². The van der Waals surface area contributed by atoms with Gasteiger partial charge in [-0.25, -0.2) is 0 Å². The highest BCUT2D eigenvalue weighted by molar-refractivity contribution is 5.20. The molecule has 1 atom stereocenters. The average molecular weight is 167 g/mol. The SMILES string of the molecule is Cc1cc(CCC(C)N)c(C)o1. The average Bonchev–Trinajstić information content (AvgIpc) is 2.26. The van der Waals surface area contributed by atoms with Crippen molar-refractivity contribution in [2.75, 3.05) is 0 Å². The van der Waals surface area contributed by atoms with Gasteiger partial charge in [-0.2, -0.15) is 0 Å². The van der Waals surface area contributed by atoms with Gasteiger partial charge in [-0.05, 0) is 45.2 Å². The fraction of sp³-hybridized carbons (Fsp3) is 0.600. The fourth-order valence-corrected chi connectivity index (χ4v) is 1.31. The van der Waals surface area contributed by atoms with Crippen molar-refractivity contribution in [3.05, 3.63) is 23.2 Å². The maximum atomic E-state index is 5.67. The molecule has 0 saturated heterocycles. The standard InChI is InChI=1S/C10H17NO/c1-7(11)4-5-10-6-8(2)12-9(10)3/h6-7H,4-5,11H2,1-3H3. The van der Waals surface area contributed by atoms with Crippen molar-refractivity contribution < 1.29 is 4.42 Å². The Labute approximate surface area is 73.8 Å². The molecule has 0 spiro atoms. The maximum absolute atomic E-state index is 5.67. The van der Waals surface area contributed by atoms with Crippen LogP contribution in [0.4, 0.5) is 0 Å². The van der Waals surface area contributed by atoms with Gasteiger partial charge in [0.25, 0.3) is 0 Å². The summed E-state index contributed by atoms with van der Waals surface area (Å²) in [6.07, 6.45) is 2.06. The van der Waals surface area contributed by atoms with Gasteiger partial charge in [-0.1, -0.05) is 0 Å². The van der Waals surface area contributed by atoms with Crippen molar-refractivity contribution in [2.45, 2.75) is 39.7 Å². The number of nitrogens with two attached hydrogens (primary N) is 1. The molecule has 0 aliphatic carbocycles. The van der Waals surface area contributed by atoms with E-state index in [-0.39, 0.29) is 6.04 Å². The molecular formula is C10H17NO. The number of rotatable bonds is 3. The predicted molar refractivity (Wildman–Crippen MR) is 50.2 cm³/mol. The van der Waals surface area contributed by atoms with Crippen molar-refractivity contribution in [3.8, 4) is 0 Å². The highest BCUT2D eigenvalue weighted by atomic mass is 16.3. The molecule has 0 amide bonds. The lowest BCUT2D eigenvalue weighted by atomic mass is 10.1. The molecule has 2 nitrogen and oxygen atoms in total. The molecule has 0 radical (unpaired) electrons. The van der Waals surface area contributed by atoms with Gasteiger partial charge in [0, 0.05) is 6.04 Å². The summed E-state index contributed by atoms with van der Waals surface area (Å²) in [5, 5.41) is 0. The van der Waals surface area contributed by atoms with Crippen LogP contribution >= 0.6 is 0 Å². The van der Waals surface area contributed by atoms with Crippen molar-refractivity contribution in [2.24, 2.45) is 5.73 Å². The molecule has 0 aromatic carbocycles. The molecule has 12 heavy (non-hydrogen) atoms. The Morgan fingerprint density at radius 3 is 2.58 bits per heavy atom. The van der Waals surface area contributed by atoms with E-state index in [1.165, 1.54) is 5.56 Å². The molecule has 0 fully saturated rings. The zero-order valence-electron chi connectivity index (χ0n) is 8.05. The summed E-state index contributed by atoms with van der Waals surface area (Å²) in [7, 11) is 0. The first-order chi connectivity index (χ1) is 5.59. The van der Waals surface area contributed by atoms with Crippen LogP contribution < -0.4 is 5.73 Å². The van der Waals surface area contributed by atoms with E-state index < -0.39 is 0 Å². The second kappa shape index (κ2) is 3.76. The van der Waals surface area contributed by atoms with E-state index in [0.29, 0.717) is 0 Å². The molecule has 0 aliphatic heterocycles. The molecule has 1 heterocycles. The van der Waals surface area contributed by atoms with Gasteiger partial charge >= 0.3 is 0 Å². The van der Waals surface area contributed by atoms with Crippen molar-refractivity contribution in [1.29, 1.82) is 0 Å². The second-order valence-corrected chi connectivity index (χ2v) is 3.45. The van der Waals surface area contributed by atoms with Crippen LogP contribution in [0.2, 0.25) is 0 Å². The predicted octanol–water partition coefficient (Wildman–Crippen LogP) is 2.18. The number of hydrogen-bond acceptors (Lipinski definition) is 2. The van der Waals surface area contributed by atoms with Crippen LogP contribution in [0.1, 0.15) is 30.4 Å². The van der Waals surface area contributed by atoms with Crippen LogP contribution in [-0.2, 0) is 6.42 Å². The Morgan fingerprint density at radius 2 is 2.17 bits per heavy atom. The summed E-state index contributed by atoms with van der Waals surface area (Å²) < 4.78 is 5.41. The van der Waals surface area contributed by atoms with Gasteiger partial charge in [-0.15, -0.1) is 0 Å². The van der Waals surface area contributed by atoms with Gasteiger partial charge in [0.2, 0.25) is 0 Å². The second-order valence-electron chi connectivity index (χ2n) is 3.45. The minimum Gasteiger partial charge on any atom is -0.466 e. The van der Waals surface area contributed by atoms with Crippen LogP contribution in [0.25, 0.3) is 0 Å². The molecule has 0 saturated carbocycles. The van der Waals surface area contributed by atoms with Gasteiger partial charge in [0.05, 0.1) is 0 Å². The van der Waals surface area contributed by atoms with Crippen molar-refractivity contribution in [3.63, 3.8) is 0 Å². The molecule has 1 aromatic heterocycles. The zero-order chi connectivity index (χ0) is 9.14. The summed E-state index contributed by atoms with van der Waals surface area (Å²) in [4.78, 5) is 0. The number of aryl methyl sites for hydroxylation is 3. The lowest BCUT2D eigenvalue weighted by Gasteiger charge is -2.02. The molecule has 2 heteroatoms. The summed E-state index contributed by atoms with van der Waals surface area (Å²) >= 11 is 0. The maximum Gasteiger partial charge on any atom is 0.104 e. The Balaban J connectivity index is 2.57. The highest BCUT2D eigenvalue weighted by Gasteiger charge is 2.04. The van der Waals surface area contributed by atoms with E-state index in [0.717, 1.165) is 24.4 Å². The van der Waals surface area contributed by atoms with E-state index in [1.54, 1.807) is 0 Å². The Morgan fingerprint density at radius 1 is 1.50 bits per heavy atom. The first-order valence-corrected chi connectivity index (χ1v) is 4.41. The van der Waals surface area contributed by atoms with Crippen LogP contribution in [0.15, 0.2) is 10.5 Å². The Bertz CT molecular complexity index is 250. The van der Waals surface area contributed by atoms with E-state index >= 15 is 0 Å². The summed E-state index contributed by atoms with van der Waals surface area (Å²) in [6.45, 7) is 6.01. The van der Waals surface area contributed by atoms with Crippen LogP contribution in [-0.4, -0.2) is 6.04 Å². The minimum atomic E-state index is 0.277. The van der Waals surface area contributed by atoms with Crippen LogP contribution in [0.3, 0.4) is 0 Å². The van der Waals surface area contributed by atoms with E-state index in [4.69, 9.17) is 10.2 Å². The molecule has 0 aliphatic rings. The van der Waals surface area contributed by atoms with Gasteiger partial charge < -0.3 is 10.2 Å². The van der Waals surface area contributed by atoms with E-state index in [9.17, 15) is 0 Å². The van der Waals surface area contributed by atoms with Crippen LogP contribution in [0.5, 0.6) is 0 Å². The fourth-order valence-electron chi connectivity index (χ4n) is 1.31. The van der Waals surface area contributed by atoms with Gasteiger partial charge in [0.15, 0.2) is 0 Å². The number of hydrogen-bond donors (Lipinski definition) is 1. The monoisotopic (exact) mass is 167 g/mol. The molecule has 68 valence electrons. The summed E-state index contributed by atoms with van der Waals surface area (Å²) in [5.41, 5.74) is 6.96. The number of furan rings is 1. The minimum absolute atomic E-state index is 0.277. The van der Waals surface area contributed by atoms with Gasteiger partial charge in [-0.3, -0.25) is 0 Å². The smallest absolute Gasteiger partial charge is 0.104 e. The van der Waals surface area contributed by atoms with Crippen molar-refractivity contribution >= 4 is 0 Å². The topological polar surface area (TPSA) is 39.2 Å². The molecule has 0 bridgehead atoms. The van der Waals surface area contributed by atoms with Crippen molar-refractivity contribution in [1.82, 2.24) is 0 Å². The molecule has 2 N–H and O–H groups in total. The normalized spacial score (nSPS) is 13.3. The molecule has 1 rings (SSSR count). The molecular weight excluding hydrogens is 150 g/mol. The molecule has 1 unspecified atom stereocenters. The zero-order valence-corrected chi connectivity index (χ0v) is 8.05. The lowest BCUT2D eigenvalue weighted by Crippen LogP contribution is -2.15. The largest absolute Gasteiger partial charge is 0.466 e. The summed E-state index contributed by atoms with van der Waals surface area (Å²) in [5.74, 6) is 2.03. The third kappa shape index (κ3) is 2.38. The van der Waals surface area contributed by atoms with Crippen LogP contribution in [0, 0.1) is 13.8 Å². The lowest BCUT2D eigenvalue weighted by molar-refractivity contribution is 0.499. The first kappa shape index (κ1) is 9.33.